The lowest BCUT2D eigenvalue weighted by Gasteiger charge is -2.10. The summed E-state index contributed by atoms with van der Waals surface area (Å²) in [6.45, 7) is 0. The maximum Gasteiger partial charge on any atom is 0.164 e. The number of nitrogens with zero attached hydrogens (tertiary/aromatic N) is 4. The average molecular weight is 586 g/mol. The van der Waals surface area contributed by atoms with E-state index in [4.69, 9.17) is 16.8 Å². The lowest BCUT2D eigenvalue weighted by Crippen LogP contribution is -2.00. The fourth-order valence-corrected chi connectivity index (χ4v) is 7.30. The van der Waals surface area contributed by atoms with Crippen molar-refractivity contribution in [3.63, 3.8) is 0 Å². The molecule has 6 aromatic carbocycles. The molecule has 206 valence electrons. The van der Waals surface area contributed by atoms with Crippen molar-refractivity contribution in [2.24, 2.45) is 0 Å². The zero-order chi connectivity index (χ0) is 33.4. The van der Waals surface area contributed by atoms with Gasteiger partial charge in [-0.05, 0) is 24.3 Å². The van der Waals surface area contributed by atoms with E-state index >= 15 is 0 Å². The van der Waals surface area contributed by atoms with Crippen molar-refractivity contribution < 1.29 is 6.85 Å². The second-order valence-electron chi connectivity index (χ2n) is 10.5. The first-order valence-corrected chi connectivity index (χ1v) is 15.0. The summed E-state index contributed by atoms with van der Waals surface area (Å²) < 4.78 is 46.5. The van der Waals surface area contributed by atoms with Gasteiger partial charge >= 0.3 is 0 Å². The van der Waals surface area contributed by atoms with E-state index in [1.165, 1.54) is 10.8 Å². The van der Waals surface area contributed by atoms with Crippen LogP contribution in [-0.4, -0.2) is 19.5 Å². The van der Waals surface area contributed by atoms with Crippen molar-refractivity contribution in [2.45, 2.75) is 0 Å². The smallest absolute Gasteiger partial charge is 0.164 e. The van der Waals surface area contributed by atoms with E-state index in [0.717, 1.165) is 48.0 Å². The van der Waals surface area contributed by atoms with Crippen molar-refractivity contribution in [1.82, 2.24) is 19.5 Å². The summed E-state index contributed by atoms with van der Waals surface area (Å²) in [6.07, 6.45) is 0. The van der Waals surface area contributed by atoms with Gasteiger partial charge in [-0.25, -0.2) is 15.0 Å². The Labute approximate surface area is 264 Å². The number of para-hydroxylation sites is 2. The summed E-state index contributed by atoms with van der Waals surface area (Å²) >= 11 is 1.70. The van der Waals surface area contributed by atoms with Gasteiger partial charge in [-0.1, -0.05) is 121 Å². The molecule has 9 aromatic rings. The Hall–Kier alpha value is -5.65. The van der Waals surface area contributed by atoms with Crippen LogP contribution in [0.1, 0.15) is 6.85 Å². The molecule has 0 saturated carbocycles. The van der Waals surface area contributed by atoms with E-state index < -0.39 is 18.1 Å². The van der Waals surface area contributed by atoms with Gasteiger partial charge in [0.05, 0.1) is 28.3 Å². The standard InChI is InChI=1S/C39H24N4S/c1-3-13-25(14-4-1)37-40-38(26-15-5-2-6-16-26)42-39(41-37)30-20-12-24-34-35(30)29-19-11-23-33(36(29)44-34)43-31-21-9-7-17-27(31)28-18-8-10-22-32(28)43/h1-24H/i1D,3D,4D,13D,14D. The van der Waals surface area contributed by atoms with Crippen LogP contribution < -0.4 is 0 Å². The van der Waals surface area contributed by atoms with E-state index in [1.807, 2.05) is 42.5 Å². The molecular formula is C39H24N4S. The number of fused-ring (bicyclic) bond motifs is 6. The summed E-state index contributed by atoms with van der Waals surface area (Å²) in [6, 6.07) is 36.6. The molecule has 0 unspecified atom stereocenters. The molecule has 0 spiro atoms. The van der Waals surface area contributed by atoms with Gasteiger partial charge in [0, 0.05) is 42.9 Å². The third-order valence-corrected chi connectivity index (χ3v) is 9.15. The molecule has 3 aromatic heterocycles. The molecule has 0 aliphatic heterocycles. The van der Waals surface area contributed by atoms with Crippen LogP contribution in [0.3, 0.4) is 0 Å². The Bertz CT molecular complexity index is 2710. The Morgan fingerprint density at radius 1 is 0.523 bits per heavy atom. The Balaban J connectivity index is 1.33. The minimum absolute atomic E-state index is 0.0170. The van der Waals surface area contributed by atoms with Gasteiger partial charge in [0.25, 0.3) is 0 Å². The highest BCUT2D eigenvalue weighted by Gasteiger charge is 2.20. The molecule has 0 N–H and O–H groups in total. The summed E-state index contributed by atoms with van der Waals surface area (Å²) in [5.41, 5.74) is 4.74. The van der Waals surface area contributed by atoms with E-state index in [-0.39, 0.29) is 23.5 Å². The van der Waals surface area contributed by atoms with Crippen LogP contribution in [0.4, 0.5) is 0 Å². The minimum atomic E-state index is -0.468. The van der Waals surface area contributed by atoms with Crippen LogP contribution in [0.15, 0.2) is 145 Å². The Morgan fingerprint density at radius 2 is 1.14 bits per heavy atom. The van der Waals surface area contributed by atoms with Gasteiger partial charge < -0.3 is 4.57 Å². The lowest BCUT2D eigenvalue weighted by molar-refractivity contribution is 1.08. The first-order valence-electron chi connectivity index (χ1n) is 16.7. The van der Waals surface area contributed by atoms with E-state index in [2.05, 4.69) is 82.3 Å². The van der Waals surface area contributed by atoms with E-state index in [1.54, 1.807) is 11.3 Å². The molecule has 5 heteroatoms. The largest absolute Gasteiger partial charge is 0.308 e. The number of thiophene rings is 1. The highest BCUT2D eigenvalue weighted by Crippen LogP contribution is 2.43. The monoisotopic (exact) mass is 585 g/mol. The van der Waals surface area contributed by atoms with Crippen molar-refractivity contribution in [2.75, 3.05) is 0 Å². The molecule has 0 fully saturated rings. The summed E-state index contributed by atoms with van der Waals surface area (Å²) in [5, 5.41) is 4.40. The number of hydrogen-bond donors (Lipinski definition) is 0. The molecule has 0 aliphatic rings. The van der Waals surface area contributed by atoms with Gasteiger partial charge in [0.2, 0.25) is 0 Å². The van der Waals surface area contributed by atoms with Crippen molar-refractivity contribution >= 4 is 53.3 Å². The highest BCUT2D eigenvalue weighted by atomic mass is 32.1. The molecular weight excluding hydrogens is 557 g/mol. The summed E-state index contributed by atoms with van der Waals surface area (Å²) in [5.74, 6) is 0.710. The lowest BCUT2D eigenvalue weighted by atomic mass is 10.0. The van der Waals surface area contributed by atoms with E-state index in [0.29, 0.717) is 11.6 Å². The van der Waals surface area contributed by atoms with Crippen molar-refractivity contribution in [1.29, 1.82) is 0 Å². The molecule has 0 amide bonds. The van der Waals surface area contributed by atoms with Gasteiger partial charge in [-0.15, -0.1) is 11.3 Å². The number of hydrogen-bond acceptors (Lipinski definition) is 4. The molecule has 0 radical (unpaired) electrons. The first-order chi connectivity index (χ1) is 23.9. The molecule has 9 rings (SSSR count). The Kier molecular flexibility index (Phi) is 4.60. The SMILES string of the molecule is [2H]c1c([2H])c([2H])c(-c2nc(-c3ccccc3)nc(-c3cccc4sc5c(-n6c7ccccc7c7ccccc76)cccc5c34)n2)c([2H])c1[2H]. The average Bonchev–Trinajstić information content (AvgIpc) is 3.70. The molecule has 44 heavy (non-hydrogen) atoms. The predicted octanol–water partition coefficient (Wildman–Crippen LogP) is 10.3. The van der Waals surface area contributed by atoms with Crippen LogP contribution in [-0.2, 0) is 0 Å². The Morgan fingerprint density at radius 3 is 1.89 bits per heavy atom. The van der Waals surface area contributed by atoms with Gasteiger partial charge in [-0.3, -0.25) is 0 Å². The second kappa shape index (κ2) is 9.97. The number of rotatable bonds is 4. The second-order valence-corrected chi connectivity index (χ2v) is 11.5. The minimum Gasteiger partial charge on any atom is -0.308 e. The van der Waals surface area contributed by atoms with E-state index in [9.17, 15) is 0 Å². The van der Waals surface area contributed by atoms with Crippen LogP contribution >= 0.6 is 11.3 Å². The van der Waals surface area contributed by atoms with Crippen LogP contribution in [0, 0.1) is 0 Å². The predicted molar refractivity (Wildman–Crippen MR) is 183 cm³/mol. The molecule has 0 atom stereocenters. The maximum atomic E-state index is 8.67. The number of benzene rings is 6. The highest BCUT2D eigenvalue weighted by molar-refractivity contribution is 7.26. The van der Waals surface area contributed by atoms with Gasteiger partial charge in [0.1, 0.15) is 0 Å². The zero-order valence-corrected chi connectivity index (χ0v) is 24.0. The first kappa shape index (κ1) is 20.3. The molecule has 0 bridgehead atoms. The summed E-state index contributed by atoms with van der Waals surface area (Å²) in [7, 11) is 0. The fourth-order valence-electron chi connectivity index (χ4n) is 6.06. The normalized spacial score (nSPS) is 13.2. The van der Waals surface area contributed by atoms with Crippen molar-refractivity contribution in [3.05, 3.63) is 145 Å². The zero-order valence-electron chi connectivity index (χ0n) is 28.2. The molecule has 0 saturated heterocycles. The van der Waals surface area contributed by atoms with Gasteiger partial charge in [0.15, 0.2) is 17.5 Å². The molecule has 4 nitrogen and oxygen atoms in total. The summed E-state index contributed by atoms with van der Waals surface area (Å²) in [4.78, 5) is 14.4. The van der Waals surface area contributed by atoms with Gasteiger partial charge in [-0.2, -0.15) is 0 Å². The van der Waals surface area contributed by atoms with Crippen LogP contribution in [0.5, 0.6) is 0 Å². The van der Waals surface area contributed by atoms with Crippen LogP contribution in [0.2, 0.25) is 0 Å². The van der Waals surface area contributed by atoms with Crippen LogP contribution in [0.25, 0.3) is 81.8 Å². The molecule has 3 heterocycles. The van der Waals surface area contributed by atoms with Crippen molar-refractivity contribution in [3.8, 4) is 39.9 Å². The quantitative estimate of drug-likeness (QED) is 0.206. The third kappa shape index (κ3) is 3.87. The third-order valence-electron chi connectivity index (χ3n) is 7.95. The maximum absolute atomic E-state index is 8.67. The number of aromatic nitrogens is 4. The molecule has 0 aliphatic carbocycles. The topological polar surface area (TPSA) is 43.6 Å². The fraction of sp³-hybridized carbons (Fsp3) is 0.